The first-order valence-corrected chi connectivity index (χ1v) is 9.57. The molecule has 0 bridgehead atoms. The highest BCUT2D eigenvalue weighted by molar-refractivity contribution is 5.82. The number of aryl methyl sites for hydroxylation is 1. The van der Waals surface area contributed by atoms with Crippen LogP contribution in [0.5, 0.6) is 0 Å². The van der Waals surface area contributed by atoms with Crippen molar-refractivity contribution in [1.82, 2.24) is 15.2 Å². The number of urea groups is 1. The Morgan fingerprint density at radius 1 is 1.15 bits per heavy atom. The third kappa shape index (κ3) is 4.11. The predicted molar refractivity (Wildman–Crippen MR) is 109 cm³/mol. The van der Waals surface area contributed by atoms with Crippen molar-refractivity contribution in [2.24, 2.45) is 5.92 Å². The molecule has 4 heteroatoms. The maximum atomic E-state index is 12.5. The Labute approximate surface area is 160 Å². The van der Waals surface area contributed by atoms with E-state index < -0.39 is 0 Å². The summed E-state index contributed by atoms with van der Waals surface area (Å²) in [5.74, 6) is 0.519. The number of carbonyl (C=O) groups is 1. The summed E-state index contributed by atoms with van der Waals surface area (Å²) in [4.78, 5) is 18.4. The van der Waals surface area contributed by atoms with Gasteiger partial charge in [0.05, 0.1) is 0 Å². The van der Waals surface area contributed by atoms with E-state index in [1.54, 1.807) is 11.1 Å². The van der Waals surface area contributed by atoms with Crippen molar-refractivity contribution in [3.05, 3.63) is 77.6 Å². The van der Waals surface area contributed by atoms with E-state index in [0.29, 0.717) is 12.5 Å². The van der Waals surface area contributed by atoms with Crippen LogP contribution in [-0.4, -0.2) is 29.5 Å². The highest BCUT2D eigenvalue weighted by atomic mass is 16.2. The molecule has 1 heterocycles. The van der Waals surface area contributed by atoms with E-state index in [4.69, 9.17) is 0 Å². The molecule has 4 rings (SSSR count). The number of hydrogen-bond acceptors (Lipinski definition) is 2. The van der Waals surface area contributed by atoms with Crippen LogP contribution in [0.15, 0.2) is 60.9 Å². The Morgan fingerprint density at radius 3 is 2.89 bits per heavy atom. The molecule has 1 aromatic heterocycles. The van der Waals surface area contributed by atoms with Crippen LogP contribution in [0, 0.1) is 5.92 Å². The molecule has 1 N–H and O–H groups in total. The lowest BCUT2D eigenvalue weighted by Gasteiger charge is -2.26. The van der Waals surface area contributed by atoms with E-state index >= 15 is 0 Å². The summed E-state index contributed by atoms with van der Waals surface area (Å²) in [6.07, 6.45) is 6.96. The van der Waals surface area contributed by atoms with Gasteiger partial charge in [-0.2, -0.15) is 0 Å². The lowest BCUT2D eigenvalue weighted by molar-refractivity contribution is 0.204. The van der Waals surface area contributed by atoms with Gasteiger partial charge in [-0.1, -0.05) is 36.4 Å². The smallest absolute Gasteiger partial charge is 0.317 e. The van der Waals surface area contributed by atoms with E-state index in [-0.39, 0.29) is 6.03 Å². The summed E-state index contributed by atoms with van der Waals surface area (Å²) >= 11 is 0. The Bertz CT molecular complexity index is 953. The summed E-state index contributed by atoms with van der Waals surface area (Å²) in [6, 6.07) is 16.9. The average Bonchev–Trinajstić information content (AvgIpc) is 2.71. The second-order valence-corrected chi connectivity index (χ2v) is 7.48. The minimum absolute atomic E-state index is 0.0105. The molecule has 0 saturated heterocycles. The zero-order chi connectivity index (χ0) is 18.6. The Balaban J connectivity index is 1.31. The number of rotatable bonds is 4. The van der Waals surface area contributed by atoms with Crippen LogP contribution >= 0.6 is 0 Å². The number of fused-ring (bicyclic) bond motifs is 2. The molecule has 3 aromatic rings. The van der Waals surface area contributed by atoms with Gasteiger partial charge in [0.1, 0.15) is 0 Å². The fraction of sp³-hybridized carbons (Fsp3) is 0.304. The van der Waals surface area contributed by atoms with Gasteiger partial charge in [-0.15, -0.1) is 0 Å². The van der Waals surface area contributed by atoms with Gasteiger partial charge in [0.2, 0.25) is 0 Å². The third-order valence-electron chi connectivity index (χ3n) is 5.46. The number of aromatic nitrogens is 1. The molecule has 0 spiro atoms. The van der Waals surface area contributed by atoms with E-state index in [2.05, 4.69) is 52.8 Å². The second kappa shape index (κ2) is 7.78. The maximum absolute atomic E-state index is 12.5. The monoisotopic (exact) mass is 359 g/mol. The average molecular weight is 359 g/mol. The minimum Gasteiger partial charge on any atom is -0.338 e. The van der Waals surface area contributed by atoms with Crippen LogP contribution in [0.1, 0.15) is 23.1 Å². The normalized spacial score (nSPS) is 16.0. The first-order valence-electron chi connectivity index (χ1n) is 9.57. The SMILES string of the molecule is CN(Cc1ccc2cnccc2c1)C(=O)NCC1CCc2ccccc2C1. The number of hydrogen-bond donors (Lipinski definition) is 1. The summed E-state index contributed by atoms with van der Waals surface area (Å²) in [5, 5.41) is 5.38. The Hall–Kier alpha value is -2.88. The number of nitrogens with one attached hydrogen (secondary N) is 1. The summed E-state index contributed by atoms with van der Waals surface area (Å²) in [6.45, 7) is 1.33. The van der Waals surface area contributed by atoms with Crippen molar-refractivity contribution in [3.8, 4) is 0 Å². The molecule has 2 amide bonds. The molecule has 0 fully saturated rings. The fourth-order valence-corrected chi connectivity index (χ4v) is 3.89. The summed E-state index contributed by atoms with van der Waals surface area (Å²) < 4.78 is 0. The van der Waals surface area contributed by atoms with E-state index in [1.807, 2.05) is 19.3 Å². The standard InChI is InChI=1S/C23H25N3O/c1-26(16-18-7-9-22-15-24-11-10-21(22)13-18)23(27)25-14-17-6-8-19-4-2-3-5-20(19)12-17/h2-5,7,9-11,13,15,17H,6,8,12,14,16H2,1H3,(H,25,27). The van der Waals surface area contributed by atoms with E-state index in [0.717, 1.165) is 42.1 Å². The van der Waals surface area contributed by atoms with Gasteiger partial charge in [0.25, 0.3) is 0 Å². The van der Waals surface area contributed by atoms with Crippen LogP contribution in [0.25, 0.3) is 10.8 Å². The Morgan fingerprint density at radius 2 is 2.00 bits per heavy atom. The molecule has 1 aliphatic carbocycles. The van der Waals surface area contributed by atoms with Gasteiger partial charge >= 0.3 is 6.03 Å². The van der Waals surface area contributed by atoms with Crippen molar-refractivity contribution in [1.29, 1.82) is 0 Å². The predicted octanol–water partition coefficient (Wildman–Crippen LogP) is 4.18. The van der Waals surface area contributed by atoms with Crippen molar-refractivity contribution in [3.63, 3.8) is 0 Å². The summed E-state index contributed by atoms with van der Waals surface area (Å²) in [5.41, 5.74) is 4.02. The molecule has 4 nitrogen and oxygen atoms in total. The van der Waals surface area contributed by atoms with Gasteiger partial charge in [-0.05, 0) is 59.4 Å². The molecule has 138 valence electrons. The fourth-order valence-electron chi connectivity index (χ4n) is 3.89. The number of carbonyl (C=O) groups excluding carboxylic acids is 1. The Kier molecular flexibility index (Phi) is 5.05. The molecule has 1 aliphatic rings. The van der Waals surface area contributed by atoms with Crippen molar-refractivity contribution >= 4 is 16.8 Å². The largest absolute Gasteiger partial charge is 0.338 e. The van der Waals surface area contributed by atoms with Crippen LogP contribution in [0.4, 0.5) is 4.79 Å². The zero-order valence-electron chi connectivity index (χ0n) is 15.7. The maximum Gasteiger partial charge on any atom is 0.317 e. The van der Waals surface area contributed by atoms with Crippen molar-refractivity contribution in [2.75, 3.05) is 13.6 Å². The van der Waals surface area contributed by atoms with Crippen molar-refractivity contribution < 1.29 is 4.79 Å². The first kappa shape index (κ1) is 17.5. The highest BCUT2D eigenvalue weighted by Gasteiger charge is 2.19. The van der Waals surface area contributed by atoms with Crippen molar-refractivity contribution in [2.45, 2.75) is 25.8 Å². The van der Waals surface area contributed by atoms with Crippen LogP contribution in [-0.2, 0) is 19.4 Å². The van der Waals surface area contributed by atoms with Gasteiger partial charge in [0, 0.05) is 37.9 Å². The van der Waals surface area contributed by atoms with Crippen LogP contribution < -0.4 is 5.32 Å². The zero-order valence-corrected chi connectivity index (χ0v) is 15.7. The lowest BCUT2D eigenvalue weighted by Crippen LogP contribution is -2.40. The third-order valence-corrected chi connectivity index (χ3v) is 5.46. The number of pyridine rings is 1. The molecule has 1 unspecified atom stereocenters. The van der Waals surface area contributed by atoms with Gasteiger partial charge in [-0.25, -0.2) is 4.79 Å². The minimum atomic E-state index is -0.0105. The molecule has 27 heavy (non-hydrogen) atoms. The topological polar surface area (TPSA) is 45.2 Å². The molecular weight excluding hydrogens is 334 g/mol. The van der Waals surface area contributed by atoms with Gasteiger partial charge in [-0.3, -0.25) is 4.98 Å². The molecule has 2 aromatic carbocycles. The van der Waals surface area contributed by atoms with Crippen LogP contribution in [0.2, 0.25) is 0 Å². The quantitative estimate of drug-likeness (QED) is 0.759. The molecule has 0 saturated carbocycles. The lowest BCUT2D eigenvalue weighted by atomic mass is 9.84. The van der Waals surface area contributed by atoms with Gasteiger partial charge in [0.15, 0.2) is 0 Å². The molecule has 0 aliphatic heterocycles. The molecular formula is C23H25N3O. The first-order chi connectivity index (χ1) is 13.2. The summed E-state index contributed by atoms with van der Waals surface area (Å²) in [7, 11) is 1.85. The van der Waals surface area contributed by atoms with E-state index in [9.17, 15) is 4.79 Å². The van der Waals surface area contributed by atoms with E-state index in [1.165, 1.54) is 11.1 Å². The van der Waals surface area contributed by atoms with Gasteiger partial charge < -0.3 is 10.2 Å². The number of amides is 2. The van der Waals surface area contributed by atoms with Crippen LogP contribution in [0.3, 0.4) is 0 Å². The molecule has 1 atom stereocenters. The number of nitrogens with zero attached hydrogens (tertiary/aromatic N) is 2. The number of benzene rings is 2. The second-order valence-electron chi connectivity index (χ2n) is 7.48. The highest BCUT2D eigenvalue weighted by Crippen LogP contribution is 2.24. The molecule has 0 radical (unpaired) electrons.